The number of sulfone groups is 1. The molecule has 7 heteroatoms. The van der Waals surface area contributed by atoms with Gasteiger partial charge in [-0.2, -0.15) is 0 Å². The molecule has 0 aliphatic carbocycles. The first-order valence-corrected chi connectivity index (χ1v) is 9.45. The van der Waals surface area contributed by atoms with Crippen molar-refractivity contribution >= 4 is 27.3 Å². The highest BCUT2D eigenvalue weighted by Gasteiger charge is 2.29. The highest BCUT2D eigenvalue weighted by molar-refractivity contribution is 7.91. The van der Waals surface area contributed by atoms with E-state index in [-0.39, 0.29) is 17.5 Å². The third-order valence-corrected chi connectivity index (χ3v) is 5.76. The fraction of sp³-hybridized carbons (Fsp3) is 0.643. The maximum Gasteiger partial charge on any atom is 0.154 e. The van der Waals surface area contributed by atoms with Gasteiger partial charge in [-0.25, -0.2) is 13.4 Å². The van der Waals surface area contributed by atoms with E-state index in [2.05, 4.69) is 17.2 Å². The molecule has 1 unspecified atom stereocenters. The summed E-state index contributed by atoms with van der Waals surface area (Å²) in [6, 6.07) is 1.90. The zero-order valence-corrected chi connectivity index (χ0v) is 14.0. The van der Waals surface area contributed by atoms with Crippen molar-refractivity contribution in [3.05, 3.63) is 22.8 Å². The standard InChI is InChI=1S/C14H22ClN3O2S/c1-3-4-16-8-12-7-14(17-9-13(12)15)18-5-6-21(19,20)10-11(18)2/h7,9,11,16H,3-6,8,10H2,1-2H3. The summed E-state index contributed by atoms with van der Waals surface area (Å²) in [5.41, 5.74) is 0.996. The van der Waals surface area contributed by atoms with Gasteiger partial charge in [-0.1, -0.05) is 18.5 Å². The number of nitrogens with zero attached hydrogens (tertiary/aromatic N) is 2. The molecule has 1 fully saturated rings. The molecule has 1 N–H and O–H groups in total. The fourth-order valence-corrected chi connectivity index (χ4v) is 4.23. The van der Waals surface area contributed by atoms with Crippen LogP contribution in [0.25, 0.3) is 0 Å². The molecule has 0 amide bonds. The zero-order valence-electron chi connectivity index (χ0n) is 12.5. The Bertz CT molecular complexity index is 592. The fourth-order valence-electron chi connectivity index (χ4n) is 2.50. The van der Waals surface area contributed by atoms with Crippen LogP contribution in [0.4, 0.5) is 5.82 Å². The van der Waals surface area contributed by atoms with E-state index in [1.165, 1.54) is 0 Å². The molecule has 0 saturated carbocycles. The van der Waals surface area contributed by atoms with E-state index in [1.54, 1.807) is 6.20 Å². The smallest absolute Gasteiger partial charge is 0.154 e. The summed E-state index contributed by atoms with van der Waals surface area (Å²) in [6.07, 6.45) is 2.71. The average Bonchev–Trinajstić information content (AvgIpc) is 2.40. The Labute approximate surface area is 131 Å². The van der Waals surface area contributed by atoms with Crippen molar-refractivity contribution in [2.24, 2.45) is 0 Å². The van der Waals surface area contributed by atoms with Gasteiger partial charge < -0.3 is 10.2 Å². The van der Waals surface area contributed by atoms with Crippen LogP contribution in [0.1, 0.15) is 25.8 Å². The Morgan fingerprint density at radius 1 is 1.52 bits per heavy atom. The number of halogens is 1. The van der Waals surface area contributed by atoms with Gasteiger partial charge in [0.05, 0.1) is 16.5 Å². The summed E-state index contributed by atoms with van der Waals surface area (Å²) in [6.45, 7) is 6.15. The van der Waals surface area contributed by atoms with Crippen molar-refractivity contribution < 1.29 is 8.42 Å². The SMILES string of the molecule is CCCNCc1cc(N2CCS(=O)(=O)CC2C)ncc1Cl. The second-order valence-electron chi connectivity index (χ2n) is 5.47. The molecular formula is C14H22ClN3O2S. The molecule has 1 aromatic heterocycles. The summed E-state index contributed by atoms with van der Waals surface area (Å²) in [5.74, 6) is 1.17. The Morgan fingerprint density at radius 3 is 2.95 bits per heavy atom. The number of rotatable bonds is 5. The molecule has 1 aliphatic heterocycles. The van der Waals surface area contributed by atoms with Crippen LogP contribution in [-0.2, 0) is 16.4 Å². The highest BCUT2D eigenvalue weighted by Crippen LogP contribution is 2.24. The summed E-state index contributed by atoms with van der Waals surface area (Å²) in [4.78, 5) is 6.40. The molecular weight excluding hydrogens is 310 g/mol. The quantitative estimate of drug-likeness (QED) is 0.834. The van der Waals surface area contributed by atoms with Gasteiger partial charge in [-0.05, 0) is 31.5 Å². The molecule has 1 atom stereocenters. The van der Waals surface area contributed by atoms with Crippen molar-refractivity contribution in [3.8, 4) is 0 Å². The second kappa shape index (κ2) is 6.94. The number of pyridine rings is 1. The zero-order chi connectivity index (χ0) is 15.5. The van der Waals surface area contributed by atoms with Crippen LogP contribution in [0, 0.1) is 0 Å². The maximum atomic E-state index is 11.7. The van der Waals surface area contributed by atoms with Crippen molar-refractivity contribution in [3.63, 3.8) is 0 Å². The van der Waals surface area contributed by atoms with Crippen LogP contribution in [0.15, 0.2) is 12.3 Å². The normalized spacial score (nSPS) is 21.5. The Hall–Kier alpha value is -0.850. The van der Waals surface area contributed by atoms with Crippen molar-refractivity contribution in [1.82, 2.24) is 10.3 Å². The minimum atomic E-state index is -2.92. The summed E-state index contributed by atoms with van der Waals surface area (Å²) < 4.78 is 23.3. The molecule has 2 rings (SSSR count). The highest BCUT2D eigenvalue weighted by atomic mass is 35.5. The van der Waals surface area contributed by atoms with Crippen LogP contribution in [0.3, 0.4) is 0 Å². The molecule has 2 heterocycles. The van der Waals surface area contributed by atoms with Crippen molar-refractivity contribution in [1.29, 1.82) is 0 Å². The Morgan fingerprint density at radius 2 is 2.29 bits per heavy atom. The van der Waals surface area contributed by atoms with E-state index in [9.17, 15) is 8.42 Å². The maximum absolute atomic E-state index is 11.7. The van der Waals surface area contributed by atoms with Crippen LogP contribution in [-0.4, -0.2) is 44.0 Å². The Balaban J connectivity index is 2.15. The Kier molecular flexibility index (Phi) is 5.46. The minimum Gasteiger partial charge on any atom is -0.352 e. The lowest BCUT2D eigenvalue weighted by Crippen LogP contribution is -2.47. The summed E-state index contributed by atoms with van der Waals surface area (Å²) in [7, 11) is -2.92. The van der Waals surface area contributed by atoms with Crippen molar-refractivity contribution in [2.45, 2.75) is 32.9 Å². The van der Waals surface area contributed by atoms with Gasteiger partial charge in [0, 0.05) is 25.3 Å². The predicted octanol–water partition coefficient (Wildman–Crippen LogP) is 1.86. The lowest BCUT2D eigenvalue weighted by atomic mass is 10.2. The molecule has 5 nitrogen and oxygen atoms in total. The monoisotopic (exact) mass is 331 g/mol. The molecule has 0 bridgehead atoms. The molecule has 1 saturated heterocycles. The molecule has 21 heavy (non-hydrogen) atoms. The topological polar surface area (TPSA) is 62.3 Å². The van der Waals surface area contributed by atoms with Gasteiger partial charge in [0.2, 0.25) is 0 Å². The van der Waals surface area contributed by atoms with E-state index in [0.29, 0.717) is 18.1 Å². The number of hydrogen-bond acceptors (Lipinski definition) is 5. The van der Waals surface area contributed by atoms with E-state index in [1.807, 2.05) is 17.9 Å². The van der Waals surface area contributed by atoms with Gasteiger partial charge in [0.15, 0.2) is 9.84 Å². The number of hydrogen-bond donors (Lipinski definition) is 1. The molecule has 0 spiro atoms. The summed E-state index contributed by atoms with van der Waals surface area (Å²) >= 11 is 6.18. The molecule has 0 radical (unpaired) electrons. The van der Waals surface area contributed by atoms with Gasteiger partial charge in [0.25, 0.3) is 0 Å². The number of anilines is 1. The van der Waals surface area contributed by atoms with Gasteiger partial charge in [-0.15, -0.1) is 0 Å². The van der Waals surface area contributed by atoms with E-state index < -0.39 is 9.84 Å². The van der Waals surface area contributed by atoms with E-state index in [0.717, 1.165) is 24.3 Å². The van der Waals surface area contributed by atoms with Crippen LogP contribution in [0.2, 0.25) is 5.02 Å². The third kappa shape index (κ3) is 4.31. The predicted molar refractivity (Wildman–Crippen MR) is 86.7 cm³/mol. The number of nitrogens with one attached hydrogen (secondary N) is 1. The van der Waals surface area contributed by atoms with Gasteiger partial charge in [0.1, 0.15) is 5.82 Å². The van der Waals surface area contributed by atoms with Crippen LogP contribution >= 0.6 is 11.6 Å². The van der Waals surface area contributed by atoms with Crippen LogP contribution < -0.4 is 10.2 Å². The first-order valence-electron chi connectivity index (χ1n) is 7.25. The average molecular weight is 332 g/mol. The number of aromatic nitrogens is 1. The molecule has 0 aromatic carbocycles. The van der Waals surface area contributed by atoms with Gasteiger partial charge in [-0.3, -0.25) is 0 Å². The van der Waals surface area contributed by atoms with Crippen LogP contribution in [0.5, 0.6) is 0 Å². The van der Waals surface area contributed by atoms with E-state index >= 15 is 0 Å². The lowest BCUT2D eigenvalue weighted by Gasteiger charge is -2.34. The second-order valence-corrected chi connectivity index (χ2v) is 8.10. The first-order chi connectivity index (χ1) is 9.93. The van der Waals surface area contributed by atoms with Crippen molar-refractivity contribution in [2.75, 3.05) is 29.5 Å². The summed E-state index contributed by atoms with van der Waals surface area (Å²) in [5, 5.41) is 3.96. The molecule has 1 aliphatic rings. The molecule has 1 aromatic rings. The minimum absolute atomic E-state index is 0.0612. The third-order valence-electron chi connectivity index (χ3n) is 3.63. The molecule has 118 valence electrons. The lowest BCUT2D eigenvalue weighted by molar-refractivity contribution is 0.566. The largest absolute Gasteiger partial charge is 0.352 e. The first kappa shape index (κ1) is 16.5. The van der Waals surface area contributed by atoms with Gasteiger partial charge >= 0.3 is 0 Å². The van der Waals surface area contributed by atoms with E-state index in [4.69, 9.17) is 11.6 Å².